The van der Waals surface area contributed by atoms with Gasteiger partial charge in [-0.2, -0.15) is 0 Å². The first-order valence-electron chi connectivity index (χ1n) is 5.34. The number of hydrogen-bond acceptors (Lipinski definition) is 4. The predicted octanol–water partition coefficient (Wildman–Crippen LogP) is -1.14. The molecule has 0 aromatic carbocycles. The number of nitrogens with one attached hydrogen (secondary N) is 2. The maximum Gasteiger partial charge on any atom is 0.332 e. The van der Waals surface area contributed by atoms with Gasteiger partial charge in [0.2, 0.25) is 0 Å². The molecule has 1 unspecified atom stereocenters. The molecule has 1 fully saturated rings. The third kappa shape index (κ3) is 1.88. The molecule has 1 aromatic rings. The van der Waals surface area contributed by atoms with E-state index in [0.717, 1.165) is 24.1 Å². The first-order valence-corrected chi connectivity index (χ1v) is 5.34. The van der Waals surface area contributed by atoms with Crippen LogP contribution in [0.3, 0.4) is 0 Å². The van der Waals surface area contributed by atoms with Crippen molar-refractivity contribution in [3.63, 3.8) is 0 Å². The lowest BCUT2D eigenvalue weighted by molar-refractivity contribution is 0.676. The van der Waals surface area contributed by atoms with Crippen molar-refractivity contribution in [2.45, 2.75) is 12.5 Å². The fourth-order valence-corrected chi connectivity index (χ4v) is 1.86. The summed E-state index contributed by atoms with van der Waals surface area (Å²) >= 11 is 0. The Hall–Kier alpha value is -1.56. The molecule has 2 N–H and O–H groups in total. The molecule has 0 bridgehead atoms. The van der Waals surface area contributed by atoms with Crippen molar-refractivity contribution in [3.05, 3.63) is 26.9 Å². The summed E-state index contributed by atoms with van der Waals surface area (Å²) in [7, 11) is 3.14. The van der Waals surface area contributed by atoms with E-state index in [9.17, 15) is 9.59 Å². The van der Waals surface area contributed by atoms with E-state index in [1.165, 1.54) is 17.7 Å². The molecule has 1 saturated heterocycles. The lowest BCUT2D eigenvalue weighted by Gasteiger charge is -2.16. The topological polar surface area (TPSA) is 68.1 Å². The quantitative estimate of drug-likeness (QED) is 0.666. The van der Waals surface area contributed by atoms with Gasteiger partial charge >= 0.3 is 5.69 Å². The second-order valence-electron chi connectivity index (χ2n) is 4.10. The van der Waals surface area contributed by atoms with Crippen LogP contribution in [0.15, 0.2) is 15.7 Å². The fraction of sp³-hybridized carbons (Fsp3) is 0.600. The van der Waals surface area contributed by atoms with Gasteiger partial charge < -0.3 is 10.6 Å². The van der Waals surface area contributed by atoms with Crippen LogP contribution in [0.25, 0.3) is 0 Å². The van der Waals surface area contributed by atoms with Crippen molar-refractivity contribution >= 4 is 5.82 Å². The van der Waals surface area contributed by atoms with Crippen LogP contribution in [-0.2, 0) is 14.1 Å². The zero-order valence-corrected chi connectivity index (χ0v) is 9.49. The highest BCUT2D eigenvalue weighted by atomic mass is 16.2. The predicted molar refractivity (Wildman–Crippen MR) is 61.8 cm³/mol. The Labute approximate surface area is 92.9 Å². The molecular weight excluding hydrogens is 208 g/mol. The van der Waals surface area contributed by atoms with Gasteiger partial charge in [-0.1, -0.05) is 0 Å². The third-order valence-electron chi connectivity index (χ3n) is 2.94. The summed E-state index contributed by atoms with van der Waals surface area (Å²) in [5.41, 5.74) is -0.586. The largest absolute Gasteiger partial charge is 0.367 e. The average Bonchev–Trinajstić information content (AvgIpc) is 2.76. The van der Waals surface area contributed by atoms with Gasteiger partial charge in [0.05, 0.1) is 0 Å². The van der Waals surface area contributed by atoms with E-state index in [4.69, 9.17) is 0 Å². The number of anilines is 1. The smallest absolute Gasteiger partial charge is 0.332 e. The van der Waals surface area contributed by atoms with E-state index in [0.29, 0.717) is 5.82 Å². The van der Waals surface area contributed by atoms with E-state index in [-0.39, 0.29) is 17.3 Å². The van der Waals surface area contributed by atoms with Gasteiger partial charge in [-0.3, -0.25) is 13.9 Å². The van der Waals surface area contributed by atoms with Gasteiger partial charge in [0.1, 0.15) is 5.82 Å². The molecule has 0 saturated carbocycles. The first-order chi connectivity index (χ1) is 7.59. The van der Waals surface area contributed by atoms with E-state index >= 15 is 0 Å². The summed E-state index contributed by atoms with van der Waals surface area (Å²) in [6, 6.07) is 1.75. The number of aromatic nitrogens is 2. The van der Waals surface area contributed by atoms with E-state index in [2.05, 4.69) is 10.6 Å². The van der Waals surface area contributed by atoms with Crippen molar-refractivity contribution in [1.82, 2.24) is 14.5 Å². The second kappa shape index (κ2) is 4.13. The third-order valence-corrected chi connectivity index (χ3v) is 2.94. The van der Waals surface area contributed by atoms with Crippen molar-refractivity contribution in [2.75, 3.05) is 18.4 Å². The molecule has 0 spiro atoms. The summed E-state index contributed by atoms with van der Waals surface area (Å²) in [4.78, 5) is 23.1. The molecule has 1 aromatic heterocycles. The lowest BCUT2D eigenvalue weighted by Crippen LogP contribution is -2.38. The van der Waals surface area contributed by atoms with Crippen LogP contribution in [0, 0.1) is 0 Å². The summed E-state index contributed by atoms with van der Waals surface area (Å²) in [5, 5.41) is 6.42. The molecule has 0 aliphatic carbocycles. The minimum atomic E-state index is -0.305. The molecule has 1 aliphatic rings. The lowest BCUT2D eigenvalue weighted by atomic mass is 10.2. The van der Waals surface area contributed by atoms with Gasteiger partial charge in [0.15, 0.2) is 0 Å². The van der Waals surface area contributed by atoms with Gasteiger partial charge in [-0.05, 0) is 13.0 Å². The van der Waals surface area contributed by atoms with E-state index in [1.807, 2.05) is 0 Å². The normalized spacial score (nSPS) is 20.0. The standard InChI is InChI=1S/C10H16N4O2/c1-13-8(12-7-3-4-11-6-7)5-9(15)14(2)10(13)16/h5,7,11-12H,3-4,6H2,1-2H3. The van der Waals surface area contributed by atoms with Gasteiger partial charge in [0.25, 0.3) is 5.56 Å². The molecule has 88 valence electrons. The second-order valence-corrected chi connectivity index (χ2v) is 4.10. The van der Waals surface area contributed by atoms with Crippen LogP contribution in [-0.4, -0.2) is 28.3 Å². The van der Waals surface area contributed by atoms with Crippen LogP contribution >= 0.6 is 0 Å². The zero-order chi connectivity index (χ0) is 11.7. The van der Waals surface area contributed by atoms with Crippen molar-refractivity contribution < 1.29 is 0 Å². The first kappa shape index (κ1) is 10.9. The Morgan fingerprint density at radius 1 is 1.38 bits per heavy atom. The van der Waals surface area contributed by atoms with E-state index < -0.39 is 0 Å². The molecule has 0 amide bonds. The number of nitrogens with zero attached hydrogens (tertiary/aromatic N) is 2. The summed E-state index contributed by atoms with van der Waals surface area (Å²) < 4.78 is 2.55. The fourth-order valence-electron chi connectivity index (χ4n) is 1.86. The highest BCUT2D eigenvalue weighted by Crippen LogP contribution is 2.06. The van der Waals surface area contributed by atoms with Crippen LogP contribution in [0.4, 0.5) is 5.82 Å². The van der Waals surface area contributed by atoms with Crippen molar-refractivity contribution in [1.29, 1.82) is 0 Å². The maximum absolute atomic E-state index is 11.7. The molecule has 6 heteroatoms. The highest BCUT2D eigenvalue weighted by Gasteiger charge is 2.15. The van der Waals surface area contributed by atoms with Crippen LogP contribution < -0.4 is 21.9 Å². The highest BCUT2D eigenvalue weighted by molar-refractivity contribution is 5.35. The minimum absolute atomic E-state index is 0.281. The summed E-state index contributed by atoms with van der Waals surface area (Å²) in [6.07, 6.45) is 1.00. The SMILES string of the molecule is Cn1c(NC2CCNC2)cc(=O)n(C)c1=O. The molecule has 2 heterocycles. The van der Waals surface area contributed by atoms with E-state index in [1.54, 1.807) is 7.05 Å². The minimum Gasteiger partial charge on any atom is -0.367 e. The molecule has 16 heavy (non-hydrogen) atoms. The summed E-state index contributed by atoms with van der Waals surface area (Å²) in [6.45, 7) is 1.83. The molecule has 6 nitrogen and oxygen atoms in total. The van der Waals surface area contributed by atoms with Crippen molar-refractivity contribution in [3.8, 4) is 0 Å². The average molecular weight is 224 g/mol. The van der Waals surface area contributed by atoms with Crippen LogP contribution in [0.2, 0.25) is 0 Å². The Morgan fingerprint density at radius 2 is 2.12 bits per heavy atom. The van der Waals surface area contributed by atoms with Gasteiger partial charge in [-0.15, -0.1) is 0 Å². The molecular formula is C10H16N4O2. The van der Waals surface area contributed by atoms with Crippen molar-refractivity contribution in [2.24, 2.45) is 14.1 Å². The number of hydrogen-bond donors (Lipinski definition) is 2. The molecule has 1 aliphatic heterocycles. The Balaban J connectivity index is 2.34. The Bertz CT molecular complexity index is 497. The number of rotatable bonds is 2. The molecule has 2 rings (SSSR count). The maximum atomic E-state index is 11.7. The summed E-state index contributed by atoms with van der Waals surface area (Å²) in [5.74, 6) is 0.585. The molecule has 0 radical (unpaired) electrons. The Morgan fingerprint density at radius 3 is 2.75 bits per heavy atom. The monoisotopic (exact) mass is 224 g/mol. The Kier molecular flexibility index (Phi) is 2.82. The van der Waals surface area contributed by atoms with Gasteiger partial charge in [-0.25, -0.2) is 4.79 Å². The van der Waals surface area contributed by atoms with Gasteiger partial charge in [0, 0.05) is 32.7 Å². The zero-order valence-electron chi connectivity index (χ0n) is 9.49. The molecule has 1 atom stereocenters. The van der Waals surface area contributed by atoms with Crippen LogP contribution in [0.1, 0.15) is 6.42 Å². The van der Waals surface area contributed by atoms with Crippen LogP contribution in [0.5, 0.6) is 0 Å².